The third kappa shape index (κ3) is 1.78. The highest BCUT2D eigenvalue weighted by molar-refractivity contribution is 5.87. The van der Waals surface area contributed by atoms with Gasteiger partial charge in [0.25, 0.3) is 0 Å². The molecule has 126 valence electrons. The summed E-state index contributed by atoms with van der Waals surface area (Å²) in [5, 5.41) is 0. The summed E-state index contributed by atoms with van der Waals surface area (Å²) in [4.78, 5) is 12.5. The number of methoxy groups -OCH3 is 1. The standard InChI is InChI=1S/C21H30O2/c1-19-11-12-21(3)17(16(19)7-8-18(19)22)6-5-14-13-15(23-4)9-10-20(14,21)2/h5,13,16-17H,6-12H2,1-4H3/t16?,17?,19?,20?,21-/m0/s1. The molecule has 2 fully saturated rings. The van der Waals surface area contributed by atoms with E-state index in [1.807, 2.05) is 0 Å². The molecule has 0 aliphatic heterocycles. The van der Waals surface area contributed by atoms with Crippen LogP contribution in [-0.4, -0.2) is 12.9 Å². The Balaban J connectivity index is 1.77. The van der Waals surface area contributed by atoms with Crippen LogP contribution in [0, 0.1) is 28.1 Å². The molecule has 0 heterocycles. The van der Waals surface area contributed by atoms with Gasteiger partial charge in [0, 0.05) is 18.3 Å². The summed E-state index contributed by atoms with van der Waals surface area (Å²) in [6, 6.07) is 0. The molecule has 0 spiro atoms. The van der Waals surface area contributed by atoms with Crippen LogP contribution in [0.1, 0.15) is 65.7 Å². The number of allylic oxidation sites excluding steroid dienone is 4. The van der Waals surface area contributed by atoms with Gasteiger partial charge in [-0.05, 0) is 66.4 Å². The summed E-state index contributed by atoms with van der Waals surface area (Å²) >= 11 is 0. The van der Waals surface area contributed by atoms with E-state index in [-0.39, 0.29) is 10.8 Å². The quantitative estimate of drug-likeness (QED) is 0.677. The predicted octanol–water partition coefficient (Wildman–Crippen LogP) is 5.05. The van der Waals surface area contributed by atoms with Crippen LogP contribution in [0.5, 0.6) is 0 Å². The molecule has 4 rings (SSSR count). The van der Waals surface area contributed by atoms with E-state index in [0.29, 0.717) is 23.0 Å². The zero-order chi connectivity index (χ0) is 16.5. The number of ketones is 1. The molecule has 23 heavy (non-hydrogen) atoms. The van der Waals surface area contributed by atoms with Crippen LogP contribution in [0.4, 0.5) is 0 Å². The van der Waals surface area contributed by atoms with E-state index in [0.717, 1.165) is 37.9 Å². The van der Waals surface area contributed by atoms with Gasteiger partial charge in [-0.3, -0.25) is 4.79 Å². The number of carbonyl (C=O) groups is 1. The smallest absolute Gasteiger partial charge is 0.139 e. The second-order valence-electron chi connectivity index (χ2n) is 9.05. The van der Waals surface area contributed by atoms with E-state index < -0.39 is 0 Å². The van der Waals surface area contributed by atoms with E-state index >= 15 is 0 Å². The number of carbonyl (C=O) groups excluding carboxylic acids is 1. The van der Waals surface area contributed by atoms with Crippen molar-refractivity contribution in [2.24, 2.45) is 28.1 Å². The van der Waals surface area contributed by atoms with Gasteiger partial charge in [-0.15, -0.1) is 0 Å². The van der Waals surface area contributed by atoms with Gasteiger partial charge in [-0.25, -0.2) is 0 Å². The second kappa shape index (κ2) is 4.74. The van der Waals surface area contributed by atoms with Crippen molar-refractivity contribution in [3.8, 4) is 0 Å². The highest BCUT2D eigenvalue weighted by atomic mass is 16.5. The van der Waals surface area contributed by atoms with Gasteiger partial charge in [0.05, 0.1) is 12.9 Å². The van der Waals surface area contributed by atoms with Crippen LogP contribution in [0.25, 0.3) is 0 Å². The van der Waals surface area contributed by atoms with Crippen LogP contribution < -0.4 is 0 Å². The SMILES string of the molecule is COC1=CC2=CCC3C4CCC(=O)C4(C)CC[C@]3(C)C2(C)CC1. The van der Waals surface area contributed by atoms with Crippen molar-refractivity contribution in [1.29, 1.82) is 0 Å². The van der Waals surface area contributed by atoms with Crippen LogP contribution in [0.15, 0.2) is 23.5 Å². The number of rotatable bonds is 1. The maximum atomic E-state index is 12.5. The largest absolute Gasteiger partial charge is 0.501 e. The van der Waals surface area contributed by atoms with Crippen LogP contribution >= 0.6 is 0 Å². The van der Waals surface area contributed by atoms with E-state index in [2.05, 4.69) is 32.9 Å². The van der Waals surface area contributed by atoms with Gasteiger partial charge >= 0.3 is 0 Å². The molecule has 2 heteroatoms. The number of Topliss-reactive ketones (excluding diaryl/α,β-unsaturated/α-hetero) is 1. The van der Waals surface area contributed by atoms with Gasteiger partial charge < -0.3 is 4.74 Å². The van der Waals surface area contributed by atoms with Crippen molar-refractivity contribution in [2.45, 2.75) is 65.7 Å². The summed E-state index contributed by atoms with van der Waals surface area (Å²) in [5.74, 6) is 2.93. The first-order chi connectivity index (χ1) is 10.8. The normalized spacial score (nSPS) is 48.8. The second-order valence-corrected chi connectivity index (χ2v) is 9.05. The molecular weight excluding hydrogens is 284 g/mol. The molecule has 0 N–H and O–H groups in total. The first-order valence-corrected chi connectivity index (χ1v) is 9.34. The molecule has 0 bridgehead atoms. The Hall–Kier alpha value is -1.05. The third-order valence-electron chi connectivity index (χ3n) is 8.54. The zero-order valence-electron chi connectivity index (χ0n) is 15.1. The Kier molecular flexibility index (Phi) is 3.19. The highest BCUT2D eigenvalue weighted by Crippen LogP contribution is 2.69. The van der Waals surface area contributed by atoms with Crippen molar-refractivity contribution in [1.82, 2.24) is 0 Å². The van der Waals surface area contributed by atoms with Crippen molar-refractivity contribution in [3.05, 3.63) is 23.5 Å². The zero-order valence-corrected chi connectivity index (χ0v) is 15.1. The summed E-state index contributed by atoms with van der Waals surface area (Å²) in [5.41, 5.74) is 2.02. The molecule has 4 unspecified atom stereocenters. The Labute approximate surface area is 140 Å². The van der Waals surface area contributed by atoms with Gasteiger partial charge in [-0.1, -0.05) is 26.8 Å². The van der Waals surface area contributed by atoms with E-state index in [1.54, 1.807) is 7.11 Å². The Morgan fingerprint density at radius 1 is 1.09 bits per heavy atom. The fourth-order valence-electron chi connectivity index (χ4n) is 6.56. The van der Waals surface area contributed by atoms with Gasteiger partial charge in [0.1, 0.15) is 5.78 Å². The fraction of sp³-hybridized carbons (Fsp3) is 0.762. The molecule has 4 aliphatic rings. The van der Waals surface area contributed by atoms with Crippen LogP contribution in [-0.2, 0) is 9.53 Å². The molecule has 4 aliphatic carbocycles. The van der Waals surface area contributed by atoms with Crippen LogP contribution in [0.2, 0.25) is 0 Å². The van der Waals surface area contributed by atoms with Gasteiger partial charge in [-0.2, -0.15) is 0 Å². The number of hydrogen-bond acceptors (Lipinski definition) is 2. The molecule has 0 amide bonds. The van der Waals surface area contributed by atoms with Crippen molar-refractivity contribution in [3.63, 3.8) is 0 Å². The molecule has 0 aromatic carbocycles. The molecular formula is C21H30O2. The average molecular weight is 314 g/mol. The lowest BCUT2D eigenvalue weighted by Gasteiger charge is -2.62. The molecule has 0 saturated heterocycles. The number of hydrogen-bond donors (Lipinski definition) is 0. The molecule has 0 radical (unpaired) electrons. The highest BCUT2D eigenvalue weighted by Gasteiger charge is 2.63. The fourth-order valence-corrected chi connectivity index (χ4v) is 6.56. The number of ether oxygens (including phenoxy) is 1. The summed E-state index contributed by atoms with van der Waals surface area (Å²) in [6.07, 6.45) is 12.4. The first kappa shape index (κ1) is 15.5. The summed E-state index contributed by atoms with van der Waals surface area (Å²) < 4.78 is 5.53. The summed E-state index contributed by atoms with van der Waals surface area (Å²) in [6.45, 7) is 7.27. The molecule has 2 nitrogen and oxygen atoms in total. The maximum absolute atomic E-state index is 12.5. The van der Waals surface area contributed by atoms with Crippen molar-refractivity contribution < 1.29 is 9.53 Å². The minimum absolute atomic E-state index is 0.0337. The maximum Gasteiger partial charge on any atom is 0.139 e. The van der Waals surface area contributed by atoms with E-state index in [9.17, 15) is 4.79 Å². The van der Waals surface area contributed by atoms with Gasteiger partial charge in [0.15, 0.2) is 0 Å². The van der Waals surface area contributed by atoms with Gasteiger partial charge in [0.2, 0.25) is 0 Å². The topological polar surface area (TPSA) is 26.3 Å². The minimum atomic E-state index is -0.0337. The Morgan fingerprint density at radius 3 is 2.61 bits per heavy atom. The first-order valence-electron chi connectivity index (χ1n) is 9.34. The Morgan fingerprint density at radius 2 is 1.87 bits per heavy atom. The molecule has 0 aromatic heterocycles. The van der Waals surface area contributed by atoms with Crippen LogP contribution in [0.3, 0.4) is 0 Å². The minimum Gasteiger partial charge on any atom is -0.501 e. The number of fused-ring (bicyclic) bond motifs is 5. The van der Waals surface area contributed by atoms with Crippen molar-refractivity contribution >= 4 is 5.78 Å². The molecule has 2 saturated carbocycles. The molecule has 5 atom stereocenters. The lowest BCUT2D eigenvalue weighted by atomic mass is 9.42. The van der Waals surface area contributed by atoms with Crippen molar-refractivity contribution in [2.75, 3.05) is 7.11 Å². The predicted molar refractivity (Wildman–Crippen MR) is 91.8 cm³/mol. The van der Waals surface area contributed by atoms with E-state index in [4.69, 9.17) is 4.74 Å². The lowest BCUT2D eigenvalue weighted by molar-refractivity contribution is -0.138. The third-order valence-corrected chi connectivity index (χ3v) is 8.54. The monoisotopic (exact) mass is 314 g/mol. The lowest BCUT2D eigenvalue weighted by Crippen LogP contribution is -2.55. The molecule has 0 aromatic rings. The average Bonchev–Trinajstić information content (AvgIpc) is 2.83. The Bertz CT molecular complexity index is 615. The van der Waals surface area contributed by atoms with E-state index in [1.165, 1.54) is 18.4 Å². The summed E-state index contributed by atoms with van der Waals surface area (Å²) in [7, 11) is 1.79.